The molecule has 0 amide bonds. The minimum Gasteiger partial charge on any atom is -0.330 e. The van der Waals surface area contributed by atoms with Crippen LogP contribution in [0.3, 0.4) is 0 Å². The third-order valence-corrected chi connectivity index (χ3v) is 4.86. The highest BCUT2D eigenvalue weighted by atomic mass is 15.1. The average Bonchev–Trinajstić information content (AvgIpc) is 2.95. The Bertz CT molecular complexity index is 399. The van der Waals surface area contributed by atoms with Gasteiger partial charge in [-0.1, -0.05) is 33.6 Å². The average molecular weight is 291 g/mol. The summed E-state index contributed by atoms with van der Waals surface area (Å²) in [4.78, 5) is 4.60. The third kappa shape index (κ3) is 4.32. The number of aryl methyl sites for hydroxylation is 1. The van der Waals surface area contributed by atoms with Crippen LogP contribution in [0.2, 0.25) is 0 Å². The topological polar surface area (TPSA) is 29.9 Å². The molecule has 120 valence electrons. The highest BCUT2D eigenvalue weighted by Gasteiger charge is 2.31. The Morgan fingerprint density at radius 2 is 2.05 bits per heavy atom. The fraction of sp³-hybridized carbons (Fsp3) is 0.833. The highest BCUT2D eigenvalue weighted by Crippen LogP contribution is 2.36. The van der Waals surface area contributed by atoms with Gasteiger partial charge >= 0.3 is 0 Å². The Morgan fingerprint density at radius 1 is 1.19 bits per heavy atom. The number of rotatable bonds is 8. The predicted molar refractivity (Wildman–Crippen MR) is 89.6 cm³/mol. The number of imidazole rings is 1. The molecule has 1 aromatic heterocycles. The lowest BCUT2D eigenvalue weighted by Crippen LogP contribution is -2.42. The molecule has 3 unspecified atom stereocenters. The van der Waals surface area contributed by atoms with Crippen LogP contribution in [0.25, 0.3) is 0 Å². The second-order valence-corrected chi connectivity index (χ2v) is 6.60. The molecule has 3 heteroatoms. The van der Waals surface area contributed by atoms with Crippen molar-refractivity contribution >= 4 is 0 Å². The van der Waals surface area contributed by atoms with Crippen LogP contribution in [0, 0.1) is 5.92 Å². The van der Waals surface area contributed by atoms with Gasteiger partial charge in [0.2, 0.25) is 0 Å². The molecule has 21 heavy (non-hydrogen) atoms. The van der Waals surface area contributed by atoms with Crippen molar-refractivity contribution in [1.29, 1.82) is 0 Å². The lowest BCUT2D eigenvalue weighted by Gasteiger charge is -2.38. The molecule has 1 aliphatic rings. The fourth-order valence-electron chi connectivity index (χ4n) is 3.84. The summed E-state index contributed by atoms with van der Waals surface area (Å²) in [6.45, 7) is 7.95. The van der Waals surface area contributed by atoms with Crippen LogP contribution in [-0.2, 0) is 6.42 Å². The molecule has 1 aromatic rings. The molecule has 1 saturated carbocycles. The molecule has 3 nitrogen and oxygen atoms in total. The lowest BCUT2D eigenvalue weighted by molar-refractivity contribution is 0.194. The van der Waals surface area contributed by atoms with Crippen molar-refractivity contribution in [1.82, 2.24) is 14.9 Å². The van der Waals surface area contributed by atoms with E-state index in [-0.39, 0.29) is 0 Å². The summed E-state index contributed by atoms with van der Waals surface area (Å²) in [7, 11) is 0. The van der Waals surface area contributed by atoms with Crippen molar-refractivity contribution in [3.05, 3.63) is 18.2 Å². The Kier molecular flexibility index (Phi) is 6.75. The van der Waals surface area contributed by atoms with Crippen LogP contribution in [0.4, 0.5) is 0 Å². The summed E-state index contributed by atoms with van der Waals surface area (Å²) in [5, 5.41) is 3.79. The molecule has 1 heterocycles. The van der Waals surface area contributed by atoms with Gasteiger partial charge < -0.3 is 9.88 Å². The van der Waals surface area contributed by atoms with E-state index in [1.807, 2.05) is 6.20 Å². The van der Waals surface area contributed by atoms with Crippen molar-refractivity contribution in [3.63, 3.8) is 0 Å². The zero-order valence-electron chi connectivity index (χ0n) is 14.1. The molecular formula is C18H33N3. The van der Waals surface area contributed by atoms with E-state index in [0.29, 0.717) is 12.1 Å². The zero-order valence-corrected chi connectivity index (χ0v) is 14.1. The first-order chi connectivity index (χ1) is 10.3. The third-order valence-electron chi connectivity index (χ3n) is 4.86. The SMILES string of the molecule is CCCNC1CCC(CCC)CC1n1ccnc1CCC. The summed E-state index contributed by atoms with van der Waals surface area (Å²) >= 11 is 0. The minimum atomic E-state index is 0.603. The van der Waals surface area contributed by atoms with E-state index in [4.69, 9.17) is 0 Å². The molecule has 1 fully saturated rings. The Labute approximate surface area is 130 Å². The van der Waals surface area contributed by atoms with Crippen molar-refractivity contribution in [2.24, 2.45) is 5.92 Å². The van der Waals surface area contributed by atoms with Crippen LogP contribution in [0.5, 0.6) is 0 Å². The first-order valence-electron chi connectivity index (χ1n) is 9.05. The first kappa shape index (κ1) is 16.5. The fourth-order valence-corrected chi connectivity index (χ4v) is 3.84. The molecule has 1 N–H and O–H groups in total. The summed E-state index contributed by atoms with van der Waals surface area (Å²) in [6.07, 6.45) is 14.4. The minimum absolute atomic E-state index is 0.603. The van der Waals surface area contributed by atoms with Crippen molar-refractivity contribution in [2.45, 2.75) is 84.2 Å². The van der Waals surface area contributed by atoms with Gasteiger partial charge in [0.1, 0.15) is 5.82 Å². The van der Waals surface area contributed by atoms with E-state index in [1.54, 1.807) is 0 Å². The number of nitrogens with zero attached hydrogens (tertiary/aromatic N) is 2. The summed E-state index contributed by atoms with van der Waals surface area (Å²) in [5.74, 6) is 2.18. The molecule has 0 saturated heterocycles. The molecule has 1 aliphatic carbocycles. The van der Waals surface area contributed by atoms with E-state index >= 15 is 0 Å². The van der Waals surface area contributed by atoms with Gasteiger partial charge in [0.05, 0.1) is 6.04 Å². The molecule has 0 radical (unpaired) electrons. The van der Waals surface area contributed by atoms with Gasteiger partial charge in [0.15, 0.2) is 0 Å². The van der Waals surface area contributed by atoms with Crippen LogP contribution in [0.15, 0.2) is 12.4 Å². The molecular weight excluding hydrogens is 258 g/mol. The number of nitrogens with one attached hydrogen (secondary N) is 1. The maximum atomic E-state index is 4.60. The molecule has 0 aromatic carbocycles. The zero-order chi connectivity index (χ0) is 15.1. The highest BCUT2D eigenvalue weighted by molar-refractivity contribution is 5.00. The predicted octanol–water partition coefficient (Wildman–Crippen LogP) is 4.35. The molecule has 0 spiro atoms. The number of aromatic nitrogens is 2. The van der Waals surface area contributed by atoms with E-state index in [1.165, 1.54) is 50.8 Å². The smallest absolute Gasteiger partial charge is 0.108 e. The van der Waals surface area contributed by atoms with Crippen molar-refractivity contribution < 1.29 is 0 Å². The second-order valence-electron chi connectivity index (χ2n) is 6.60. The van der Waals surface area contributed by atoms with Crippen LogP contribution in [0.1, 0.15) is 77.6 Å². The van der Waals surface area contributed by atoms with Crippen LogP contribution >= 0.6 is 0 Å². The van der Waals surface area contributed by atoms with Gasteiger partial charge in [-0.2, -0.15) is 0 Å². The van der Waals surface area contributed by atoms with Crippen molar-refractivity contribution in [3.8, 4) is 0 Å². The van der Waals surface area contributed by atoms with E-state index < -0.39 is 0 Å². The van der Waals surface area contributed by atoms with Gasteiger partial charge in [-0.15, -0.1) is 0 Å². The summed E-state index contributed by atoms with van der Waals surface area (Å²) < 4.78 is 2.48. The Balaban J connectivity index is 2.13. The van der Waals surface area contributed by atoms with Gasteiger partial charge in [0, 0.05) is 24.9 Å². The largest absolute Gasteiger partial charge is 0.330 e. The van der Waals surface area contributed by atoms with E-state index in [2.05, 4.69) is 41.8 Å². The summed E-state index contributed by atoms with van der Waals surface area (Å²) in [6, 6.07) is 1.23. The van der Waals surface area contributed by atoms with Gasteiger partial charge in [-0.3, -0.25) is 0 Å². The maximum absolute atomic E-state index is 4.60. The quantitative estimate of drug-likeness (QED) is 0.772. The normalized spacial score (nSPS) is 26.1. The second kappa shape index (κ2) is 8.57. The van der Waals surface area contributed by atoms with Gasteiger partial charge in [-0.05, 0) is 44.6 Å². The van der Waals surface area contributed by atoms with Crippen molar-refractivity contribution in [2.75, 3.05) is 6.54 Å². The molecule has 2 rings (SSSR count). The summed E-state index contributed by atoms with van der Waals surface area (Å²) in [5.41, 5.74) is 0. The molecule has 3 atom stereocenters. The number of hydrogen-bond acceptors (Lipinski definition) is 2. The van der Waals surface area contributed by atoms with Gasteiger partial charge in [0.25, 0.3) is 0 Å². The standard InChI is InChI=1S/C18H33N3/c1-4-7-15-9-10-16(19-11-6-3)17(14-15)21-13-12-20-18(21)8-5-2/h12-13,15-17,19H,4-11,14H2,1-3H3. The molecule has 0 bridgehead atoms. The van der Waals surface area contributed by atoms with E-state index in [9.17, 15) is 0 Å². The maximum Gasteiger partial charge on any atom is 0.108 e. The Hall–Kier alpha value is -0.830. The molecule has 0 aliphatic heterocycles. The Morgan fingerprint density at radius 3 is 2.76 bits per heavy atom. The van der Waals surface area contributed by atoms with Crippen LogP contribution < -0.4 is 5.32 Å². The monoisotopic (exact) mass is 291 g/mol. The van der Waals surface area contributed by atoms with Gasteiger partial charge in [-0.25, -0.2) is 4.98 Å². The number of hydrogen-bond donors (Lipinski definition) is 1. The van der Waals surface area contributed by atoms with Crippen LogP contribution in [-0.4, -0.2) is 22.1 Å². The lowest BCUT2D eigenvalue weighted by atomic mass is 9.80. The van der Waals surface area contributed by atoms with E-state index in [0.717, 1.165) is 18.9 Å². The first-order valence-corrected chi connectivity index (χ1v) is 9.05.